The van der Waals surface area contributed by atoms with Crippen molar-refractivity contribution in [2.45, 2.75) is 17.8 Å². The summed E-state index contributed by atoms with van der Waals surface area (Å²) < 4.78 is 17.4. The molecular formula is C25H29N5O4S. The smallest absolute Gasteiger partial charge is 0.282 e. The van der Waals surface area contributed by atoms with Crippen molar-refractivity contribution in [1.29, 1.82) is 0 Å². The summed E-state index contributed by atoms with van der Waals surface area (Å²) in [6.45, 7) is 3.18. The van der Waals surface area contributed by atoms with E-state index in [4.69, 9.17) is 19.2 Å². The van der Waals surface area contributed by atoms with Crippen molar-refractivity contribution in [1.82, 2.24) is 19.9 Å². The zero-order chi connectivity index (χ0) is 24.2. The van der Waals surface area contributed by atoms with E-state index in [0.29, 0.717) is 43.2 Å². The van der Waals surface area contributed by atoms with Crippen LogP contribution < -0.4 is 9.64 Å². The number of carbonyl (C=O) groups excluding carboxylic acids is 1. The Balaban J connectivity index is 1.29. The van der Waals surface area contributed by atoms with E-state index in [1.165, 1.54) is 11.8 Å². The van der Waals surface area contributed by atoms with Gasteiger partial charge in [0.1, 0.15) is 12.7 Å². The summed E-state index contributed by atoms with van der Waals surface area (Å²) in [5.41, 5.74) is 4.14. The Hall–Kier alpha value is -2.95. The van der Waals surface area contributed by atoms with Gasteiger partial charge in [-0.3, -0.25) is 9.78 Å². The first-order valence-electron chi connectivity index (χ1n) is 11.7. The van der Waals surface area contributed by atoms with Crippen LogP contribution in [0.5, 0.6) is 5.88 Å². The topological polar surface area (TPSA) is 89.9 Å². The first-order chi connectivity index (χ1) is 17.1. The summed E-state index contributed by atoms with van der Waals surface area (Å²) >= 11 is 1.37. The van der Waals surface area contributed by atoms with Crippen molar-refractivity contribution in [2.75, 3.05) is 58.5 Å². The lowest BCUT2D eigenvalue weighted by Gasteiger charge is -2.32. The van der Waals surface area contributed by atoms with E-state index in [1.54, 1.807) is 12.4 Å². The number of benzene rings is 1. The molecule has 1 amide bonds. The highest BCUT2D eigenvalue weighted by Crippen LogP contribution is 2.29. The molecule has 1 aromatic carbocycles. The number of ether oxygens (including phenoxy) is 3. The summed E-state index contributed by atoms with van der Waals surface area (Å²) in [7, 11) is 4.02. The molecule has 0 bridgehead atoms. The fourth-order valence-corrected chi connectivity index (χ4v) is 5.08. The van der Waals surface area contributed by atoms with Crippen LogP contribution in [-0.2, 0) is 9.47 Å². The molecule has 3 aromatic rings. The number of pyridine rings is 1. The fraction of sp³-hybridized carbons (Fsp3) is 0.440. The minimum absolute atomic E-state index is 0.0754. The Bertz CT molecular complexity index is 1170. The molecule has 0 N–H and O–H groups in total. The van der Waals surface area contributed by atoms with Crippen molar-refractivity contribution in [3.05, 3.63) is 42.7 Å². The zero-order valence-electron chi connectivity index (χ0n) is 19.9. The number of thioether (sulfide) groups is 1. The maximum Gasteiger partial charge on any atom is 0.282 e. The molecule has 0 spiro atoms. The van der Waals surface area contributed by atoms with Gasteiger partial charge in [-0.15, -0.1) is 0 Å². The Morgan fingerprint density at radius 1 is 1.20 bits per heavy atom. The van der Waals surface area contributed by atoms with Gasteiger partial charge in [0, 0.05) is 56.1 Å². The molecule has 4 heterocycles. The second-order valence-electron chi connectivity index (χ2n) is 8.80. The lowest BCUT2D eigenvalue weighted by molar-refractivity contribution is -0.0327. The van der Waals surface area contributed by atoms with Crippen molar-refractivity contribution in [2.24, 2.45) is 0 Å². The third kappa shape index (κ3) is 5.66. The van der Waals surface area contributed by atoms with Gasteiger partial charge in [0.05, 0.1) is 31.0 Å². The number of anilines is 1. The van der Waals surface area contributed by atoms with Gasteiger partial charge in [0.15, 0.2) is 5.52 Å². The van der Waals surface area contributed by atoms with Gasteiger partial charge >= 0.3 is 0 Å². The molecular weight excluding hydrogens is 466 g/mol. The second kappa shape index (κ2) is 10.8. The maximum absolute atomic E-state index is 12.7. The molecule has 35 heavy (non-hydrogen) atoms. The molecule has 10 heteroatoms. The fourth-order valence-electron chi connectivity index (χ4n) is 4.10. The molecule has 9 nitrogen and oxygen atoms in total. The van der Waals surface area contributed by atoms with Crippen LogP contribution in [-0.4, -0.2) is 90.1 Å². The lowest BCUT2D eigenvalue weighted by Crippen LogP contribution is -2.46. The van der Waals surface area contributed by atoms with E-state index in [0.717, 1.165) is 30.0 Å². The molecule has 0 saturated carbocycles. The predicted octanol–water partition coefficient (Wildman–Crippen LogP) is 3.48. The van der Waals surface area contributed by atoms with E-state index < -0.39 is 0 Å². The van der Waals surface area contributed by atoms with Crippen molar-refractivity contribution in [3.63, 3.8) is 0 Å². The number of aromatic nitrogens is 3. The van der Waals surface area contributed by atoms with Crippen molar-refractivity contribution < 1.29 is 19.0 Å². The van der Waals surface area contributed by atoms with Gasteiger partial charge in [-0.25, -0.2) is 9.97 Å². The molecule has 1 unspecified atom stereocenters. The largest absolute Gasteiger partial charge is 0.473 e. The van der Waals surface area contributed by atoms with Crippen LogP contribution in [0, 0.1) is 0 Å². The Morgan fingerprint density at radius 2 is 2.03 bits per heavy atom. The van der Waals surface area contributed by atoms with Crippen LogP contribution >= 0.6 is 11.8 Å². The van der Waals surface area contributed by atoms with Crippen LogP contribution in [0.25, 0.3) is 22.3 Å². The quantitative estimate of drug-likeness (QED) is 0.510. The van der Waals surface area contributed by atoms with Crippen LogP contribution in [0.2, 0.25) is 0 Å². The molecule has 0 radical (unpaired) electrons. The van der Waals surface area contributed by atoms with Crippen LogP contribution in [0.3, 0.4) is 0 Å². The first-order valence-corrected chi connectivity index (χ1v) is 12.6. The van der Waals surface area contributed by atoms with Crippen LogP contribution in [0.15, 0.2) is 42.7 Å². The first kappa shape index (κ1) is 23.8. The van der Waals surface area contributed by atoms with E-state index in [-0.39, 0.29) is 23.2 Å². The number of amides is 1. The van der Waals surface area contributed by atoms with Gasteiger partial charge in [0.25, 0.3) is 5.24 Å². The molecule has 2 aromatic heterocycles. The molecule has 5 rings (SSSR count). The lowest BCUT2D eigenvalue weighted by atomic mass is 10.1. The van der Waals surface area contributed by atoms with E-state index >= 15 is 0 Å². The highest BCUT2D eigenvalue weighted by molar-refractivity contribution is 8.14. The highest BCUT2D eigenvalue weighted by Gasteiger charge is 2.28. The number of morpholine rings is 1. The SMILES string of the molecule is CN(C)c1ccc(-c2cc3nccnc3c(OC[C@@H]3CN(C(=O)SC4CCOC4)CCO3)n2)cc1. The average molecular weight is 496 g/mol. The van der Waals surface area contributed by atoms with Crippen LogP contribution in [0.4, 0.5) is 10.5 Å². The number of fused-ring (bicyclic) bond motifs is 1. The summed E-state index contributed by atoms with van der Waals surface area (Å²) in [4.78, 5) is 30.3. The minimum Gasteiger partial charge on any atom is -0.473 e. The summed E-state index contributed by atoms with van der Waals surface area (Å²) in [6.07, 6.45) is 3.96. The number of nitrogens with zero attached hydrogens (tertiary/aromatic N) is 5. The van der Waals surface area contributed by atoms with E-state index in [9.17, 15) is 4.79 Å². The number of hydrogen-bond donors (Lipinski definition) is 0. The van der Waals surface area contributed by atoms with Gasteiger partial charge in [-0.2, -0.15) is 0 Å². The van der Waals surface area contributed by atoms with Gasteiger partial charge in [-0.1, -0.05) is 23.9 Å². The monoisotopic (exact) mass is 495 g/mol. The number of carbonyl (C=O) groups is 1. The average Bonchev–Trinajstić information content (AvgIpc) is 3.40. The van der Waals surface area contributed by atoms with E-state index in [2.05, 4.69) is 27.0 Å². The number of rotatable bonds is 6. The molecule has 2 aliphatic heterocycles. The third-order valence-corrected chi connectivity index (χ3v) is 7.23. The third-order valence-electron chi connectivity index (χ3n) is 6.06. The maximum atomic E-state index is 12.7. The molecule has 0 aliphatic carbocycles. The van der Waals surface area contributed by atoms with Gasteiger partial charge in [-0.05, 0) is 24.6 Å². The molecule has 184 valence electrons. The van der Waals surface area contributed by atoms with E-state index in [1.807, 2.05) is 37.2 Å². The highest BCUT2D eigenvalue weighted by atomic mass is 32.2. The van der Waals surface area contributed by atoms with Gasteiger partial charge in [0.2, 0.25) is 5.88 Å². The Morgan fingerprint density at radius 3 is 2.80 bits per heavy atom. The second-order valence-corrected chi connectivity index (χ2v) is 10.0. The summed E-state index contributed by atoms with van der Waals surface area (Å²) in [5.74, 6) is 0.409. The normalized spacial score (nSPS) is 20.2. The number of hydrogen-bond acceptors (Lipinski definition) is 9. The summed E-state index contributed by atoms with van der Waals surface area (Å²) in [5, 5.41) is 0.315. The summed E-state index contributed by atoms with van der Waals surface area (Å²) in [6, 6.07) is 10.1. The standard InChI is InChI=1S/C25H29N5O4S/c1-29(2)18-5-3-17(4-6-18)21-13-22-23(27-9-8-26-22)24(28-21)34-15-19-14-30(10-12-33-19)25(31)35-20-7-11-32-16-20/h3-6,8-9,13,19-20H,7,10-12,14-16H2,1-2H3/t19-,20?/m0/s1. The minimum atomic E-state index is -0.246. The molecule has 2 atom stereocenters. The Kier molecular flexibility index (Phi) is 7.31. The zero-order valence-corrected chi connectivity index (χ0v) is 20.7. The molecule has 2 fully saturated rings. The van der Waals surface area contributed by atoms with Crippen LogP contribution in [0.1, 0.15) is 6.42 Å². The Labute approximate surface area is 208 Å². The van der Waals surface area contributed by atoms with Crippen molar-refractivity contribution >= 4 is 33.7 Å². The van der Waals surface area contributed by atoms with Crippen molar-refractivity contribution in [3.8, 4) is 17.1 Å². The predicted molar refractivity (Wildman–Crippen MR) is 136 cm³/mol. The molecule has 2 saturated heterocycles. The van der Waals surface area contributed by atoms with Gasteiger partial charge < -0.3 is 24.0 Å². The molecule has 2 aliphatic rings.